The van der Waals surface area contributed by atoms with Gasteiger partial charge in [-0.3, -0.25) is 4.79 Å². The van der Waals surface area contributed by atoms with Gasteiger partial charge in [-0.1, -0.05) is 19.1 Å². The highest BCUT2D eigenvalue weighted by Crippen LogP contribution is 2.26. The number of primary amides is 1. The maximum Gasteiger partial charge on any atom is 0.220 e. The maximum atomic E-state index is 10.8. The smallest absolute Gasteiger partial charge is 0.220 e. The Labute approximate surface area is 126 Å². The van der Waals surface area contributed by atoms with Gasteiger partial charge in [0, 0.05) is 19.1 Å². The molecule has 0 aromatic heterocycles. The molecule has 0 unspecified atom stereocenters. The Hall–Kier alpha value is -1.75. The summed E-state index contributed by atoms with van der Waals surface area (Å²) in [6, 6.07) is 8.35. The van der Waals surface area contributed by atoms with Gasteiger partial charge in [0.1, 0.15) is 5.75 Å². The highest BCUT2D eigenvalue weighted by Gasteiger charge is 2.18. The second-order valence-electron chi connectivity index (χ2n) is 5.41. The molecule has 1 heterocycles. The molecule has 0 atom stereocenters. The number of nitrogens with one attached hydrogen (secondary N) is 1. The third-order valence-corrected chi connectivity index (χ3v) is 3.89. The topological polar surface area (TPSA) is 67.6 Å². The summed E-state index contributed by atoms with van der Waals surface area (Å²) in [6.45, 7) is 5.93. The van der Waals surface area contributed by atoms with Crippen LogP contribution in [-0.4, -0.2) is 43.1 Å². The Kier molecular flexibility index (Phi) is 5.87. The summed E-state index contributed by atoms with van der Waals surface area (Å²) in [4.78, 5) is 13.2. The van der Waals surface area contributed by atoms with E-state index >= 15 is 0 Å². The molecule has 3 N–H and O–H groups in total. The van der Waals surface area contributed by atoms with E-state index in [1.807, 2.05) is 24.3 Å². The fraction of sp³-hybridized carbons (Fsp3) is 0.562. The van der Waals surface area contributed by atoms with Crippen molar-refractivity contribution in [3.63, 3.8) is 0 Å². The molecule has 1 fully saturated rings. The van der Waals surface area contributed by atoms with Crippen molar-refractivity contribution in [2.45, 2.75) is 32.2 Å². The molecule has 116 valence electrons. The maximum absolute atomic E-state index is 10.8. The molecule has 2 rings (SSSR count). The summed E-state index contributed by atoms with van der Waals surface area (Å²) >= 11 is 0. The van der Waals surface area contributed by atoms with Gasteiger partial charge in [-0.05, 0) is 31.5 Å². The molecule has 5 nitrogen and oxygen atoms in total. The van der Waals surface area contributed by atoms with Crippen molar-refractivity contribution in [1.29, 1.82) is 0 Å². The van der Waals surface area contributed by atoms with Gasteiger partial charge in [-0.15, -0.1) is 0 Å². The van der Waals surface area contributed by atoms with Crippen LogP contribution in [0.2, 0.25) is 0 Å². The standard InChI is InChI=1S/C16H25N3O2/c1-2-19-10-7-13(8-11-19)18-14-5-3-4-6-15(14)21-12-9-16(17)20/h3-6,13,18H,2,7-12H2,1H3,(H2,17,20). The monoisotopic (exact) mass is 291 g/mol. The van der Waals surface area contributed by atoms with Crippen LogP contribution >= 0.6 is 0 Å². The molecule has 0 bridgehead atoms. The zero-order chi connectivity index (χ0) is 15.1. The van der Waals surface area contributed by atoms with E-state index in [1.54, 1.807) is 0 Å². The fourth-order valence-electron chi connectivity index (χ4n) is 2.59. The Bertz CT molecular complexity index is 457. The van der Waals surface area contributed by atoms with E-state index < -0.39 is 0 Å². The van der Waals surface area contributed by atoms with Gasteiger partial charge >= 0.3 is 0 Å². The normalized spacial score (nSPS) is 16.6. The number of likely N-dealkylation sites (tertiary alicyclic amines) is 1. The number of hydrogen-bond donors (Lipinski definition) is 2. The first-order chi connectivity index (χ1) is 10.2. The molecule has 1 aliphatic heterocycles. The Morgan fingerprint density at radius 3 is 2.76 bits per heavy atom. The molecule has 21 heavy (non-hydrogen) atoms. The van der Waals surface area contributed by atoms with Crippen LogP contribution in [0.5, 0.6) is 5.75 Å². The van der Waals surface area contributed by atoms with Crippen LogP contribution < -0.4 is 15.8 Å². The third kappa shape index (κ3) is 4.93. The highest BCUT2D eigenvalue weighted by atomic mass is 16.5. The first-order valence-corrected chi connectivity index (χ1v) is 7.68. The average Bonchev–Trinajstić information content (AvgIpc) is 2.49. The van der Waals surface area contributed by atoms with E-state index in [0.717, 1.165) is 43.9 Å². The van der Waals surface area contributed by atoms with Gasteiger partial charge in [0.05, 0.1) is 18.7 Å². The lowest BCUT2D eigenvalue weighted by Crippen LogP contribution is -2.38. The van der Waals surface area contributed by atoms with Crippen molar-refractivity contribution in [2.75, 3.05) is 31.6 Å². The first-order valence-electron chi connectivity index (χ1n) is 7.68. The van der Waals surface area contributed by atoms with E-state index in [0.29, 0.717) is 12.6 Å². The van der Waals surface area contributed by atoms with Crippen LogP contribution in [0.3, 0.4) is 0 Å². The Morgan fingerprint density at radius 2 is 2.10 bits per heavy atom. The number of piperidine rings is 1. The molecule has 0 radical (unpaired) electrons. The van der Waals surface area contributed by atoms with Crippen LogP contribution in [0.25, 0.3) is 0 Å². The largest absolute Gasteiger partial charge is 0.491 e. The van der Waals surface area contributed by atoms with Crippen molar-refractivity contribution in [2.24, 2.45) is 5.73 Å². The molecule has 0 spiro atoms. The predicted molar refractivity (Wildman–Crippen MR) is 84.5 cm³/mol. The van der Waals surface area contributed by atoms with E-state index in [1.165, 1.54) is 0 Å². The highest BCUT2D eigenvalue weighted by molar-refractivity contribution is 5.73. The summed E-state index contributed by atoms with van der Waals surface area (Å²) in [5, 5.41) is 3.56. The third-order valence-electron chi connectivity index (χ3n) is 3.89. The fourth-order valence-corrected chi connectivity index (χ4v) is 2.59. The quantitative estimate of drug-likeness (QED) is 0.804. The number of para-hydroxylation sites is 2. The zero-order valence-electron chi connectivity index (χ0n) is 12.7. The van der Waals surface area contributed by atoms with Crippen LogP contribution in [0, 0.1) is 0 Å². The molecule has 0 saturated carbocycles. The van der Waals surface area contributed by atoms with Crippen molar-refractivity contribution >= 4 is 11.6 Å². The van der Waals surface area contributed by atoms with Crippen molar-refractivity contribution in [3.8, 4) is 5.75 Å². The number of nitrogens with two attached hydrogens (primary N) is 1. The second kappa shape index (κ2) is 7.88. The summed E-state index contributed by atoms with van der Waals surface area (Å²) < 4.78 is 5.66. The first kappa shape index (κ1) is 15.6. The minimum atomic E-state index is -0.340. The Morgan fingerprint density at radius 1 is 1.38 bits per heavy atom. The number of hydrogen-bond acceptors (Lipinski definition) is 4. The predicted octanol–water partition coefficient (Wildman–Crippen LogP) is 1.84. The lowest BCUT2D eigenvalue weighted by atomic mass is 10.0. The average molecular weight is 291 g/mol. The lowest BCUT2D eigenvalue weighted by Gasteiger charge is -2.32. The van der Waals surface area contributed by atoms with Gasteiger partial charge in [-0.2, -0.15) is 0 Å². The molecule has 5 heteroatoms. The number of ether oxygens (including phenoxy) is 1. The molecule has 1 saturated heterocycles. The number of nitrogens with zero attached hydrogens (tertiary/aromatic N) is 1. The van der Waals surface area contributed by atoms with Gasteiger partial charge in [0.2, 0.25) is 5.91 Å². The van der Waals surface area contributed by atoms with E-state index in [4.69, 9.17) is 10.5 Å². The molecular weight excluding hydrogens is 266 g/mol. The summed E-state index contributed by atoms with van der Waals surface area (Å²) in [5.74, 6) is 0.448. The minimum absolute atomic E-state index is 0.239. The summed E-state index contributed by atoms with van der Waals surface area (Å²) in [7, 11) is 0. The SMILES string of the molecule is CCN1CCC(Nc2ccccc2OCCC(N)=O)CC1. The summed E-state index contributed by atoms with van der Waals surface area (Å²) in [6.07, 6.45) is 2.52. The van der Waals surface area contributed by atoms with Gasteiger partial charge in [0.25, 0.3) is 0 Å². The number of benzene rings is 1. The molecule has 0 aliphatic carbocycles. The van der Waals surface area contributed by atoms with Crippen LogP contribution in [0.1, 0.15) is 26.2 Å². The second-order valence-corrected chi connectivity index (χ2v) is 5.41. The van der Waals surface area contributed by atoms with E-state index in [9.17, 15) is 4.79 Å². The number of carbonyl (C=O) groups is 1. The molecule has 1 amide bonds. The van der Waals surface area contributed by atoms with E-state index in [-0.39, 0.29) is 12.3 Å². The van der Waals surface area contributed by atoms with Gasteiger partial charge in [0.15, 0.2) is 0 Å². The van der Waals surface area contributed by atoms with E-state index in [2.05, 4.69) is 17.1 Å². The molecule has 1 aromatic carbocycles. The number of amides is 1. The molecule has 1 aromatic rings. The molecular formula is C16H25N3O2. The van der Waals surface area contributed by atoms with Crippen molar-refractivity contribution in [1.82, 2.24) is 4.90 Å². The summed E-state index contributed by atoms with van der Waals surface area (Å²) in [5.41, 5.74) is 6.13. The van der Waals surface area contributed by atoms with Crippen LogP contribution in [-0.2, 0) is 4.79 Å². The number of carbonyl (C=O) groups excluding carboxylic acids is 1. The van der Waals surface area contributed by atoms with Crippen LogP contribution in [0.15, 0.2) is 24.3 Å². The molecule has 1 aliphatic rings. The Balaban J connectivity index is 1.89. The number of anilines is 1. The zero-order valence-corrected chi connectivity index (χ0v) is 12.7. The van der Waals surface area contributed by atoms with Crippen molar-refractivity contribution in [3.05, 3.63) is 24.3 Å². The van der Waals surface area contributed by atoms with Gasteiger partial charge in [-0.25, -0.2) is 0 Å². The van der Waals surface area contributed by atoms with Crippen LogP contribution in [0.4, 0.5) is 5.69 Å². The minimum Gasteiger partial charge on any atom is -0.491 e. The van der Waals surface area contributed by atoms with Crippen molar-refractivity contribution < 1.29 is 9.53 Å². The van der Waals surface area contributed by atoms with Gasteiger partial charge < -0.3 is 20.7 Å². The lowest BCUT2D eigenvalue weighted by molar-refractivity contribution is -0.118. The number of rotatable bonds is 7.